The van der Waals surface area contributed by atoms with E-state index in [1.165, 1.54) is 0 Å². The Morgan fingerprint density at radius 2 is 1.27 bits per heavy atom. The van der Waals surface area contributed by atoms with Crippen molar-refractivity contribution in [1.82, 2.24) is 0 Å². The third kappa shape index (κ3) is 4.11. The molecule has 0 amide bonds. The molecule has 0 saturated heterocycles. The molecule has 0 heterocycles. The summed E-state index contributed by atoms with van der Waals surface area (Å²) in [6.07, 6.45) is -0.271. The van der Waals surface area contributed by atoms with Gasteiger partial charge in [0, 0.05) is 0 Å². The summed E-state index contributed by atoms with van der Waals surface area (Å²) in [6.45, 7) is 10.2. The highest BCUT2D eigenvalue weighted by Gasteiger charge is 2.23. The van der Waals surface area contributed by atoms with Crippen LogP contribution in [0.2, 0.25) is 0 Å². The maximum absolute atomic E-state index is 10.3. The van der Waals surface area contributed by atoms with Crippen LogP contribution in [-0.4, -0.2) is 11.2 Å². The van der Waals surface area contributed by atoms with Crippen molar-refractivity contribution < 1.29 is 9.84 Å². The van der Waals surface area contributed by atoms with Crippen molar-refractivity contribution in [3.63, 3.8) is 0 Å². The highest BCUT2D eigenvalue weighted by atomic mass is 16.5. The van der Waals surface area contributed by atoms with Gasteiger partial charge in [0.2, 0.25) is 0 Å². The van der Waals surface area contributed by atoms with Gasteiger partial charge in [-0.3, -0.25) is 0 Å². The van der Waals surface area contributed by atoms with Gasteiger partial charge >= 0.3 is 0 Å². The van der Waals surface area contributed by atoms with E-state index < -0.39 is 6.10 Å². The Morgan fingerprint density at radius 3 is 1.68 bits per heavy atom. The summed E-state index contributed by atoms with van der Waals surface area (Å²) in [5.41, 5.74) is 3.09. The van der Waals surface area contributed by atoms with Gasteiger partial charge in [-0.2, -0.15) is 0 Å². The Morgan fingerprint density at radius 1 is 0.818 bits per heavy atom. The normalized spacial score (nSPS) is 13.2. The molecule has 2 aromatic carbocycles. The van der Waals surface area contributed by atoms with Crippen molar-refractivity contribution >= 4 is 0 Å². The molecule has 0 bridgehead atoms. The van der Waals surface area contributed by atoms with Crippen LogP contribution < -0.4 is 4.74 Å². The van der Waals surface area contributed by atoms with Crippen LogP contribution in [0.4, 0.5) is 0 Å². The molecule has 0 aliphatic rings. The molecule has 2 rings (SSSR count). The van der Waals surface area contributed by atoms with Crippen LogP contribution in [0.15, 0.2) is 48.5 Å². The van der Waals surface area contributed by atoms with E-state index in [0.29, 0.717) is 0 Å². The second-order valence-electron chi connectivity index (χ2n) is 7.08. The molecule has 0 aliphatic carbocycles. The topological polar surface area (TPSA) is 29.5 Å². The van der Waals surface area contributed by atoms with E-state index in [-0.39, 0.29) is 11.5 Å². The van der Waals surface area contributed by atoms with Crippen molar-refractivity contribution in [2.75, 3.05) is 0 Å². The minimum Gasteiger partial charge on any atom is -0.491 e. The maximum atomic E-state index is 10.3. The molecule has 0 spiro atoms. The molecule has 118 valence electrons. The summed E-state index contributed by atoms with van der Waals surface area (Å²) in [4.78, 5) is 0. The Labute approximate surface area is 133 Å². The van der Waals surface area contributed by atoms with Gasteiger partial charge in [-0.1, -0.05) is 57.2 Å². The Kier molecular flexibility index (Phi) is 4.92. The average Bonchev–Trinajstić information content (AvgIpc) is 2.46. The van der Waals surface area contributed by atoms with Crippen LogP contribution in [0.5, 0.6) is 5.75 Å². The van der Waals surface area contributed by atoms with Crippen LogP contribution in [0.3, 0.4) is 0 Å². The molecule has 1 N–H and O–H groups in total. The Balaban J connectivity index is 2.17. The van der Waals surface area contributed by atoms with Crippen LogP contribution in [-0.2, 0) is 0 Å². The highest BCUT2D eigenvalue weighted by molar-refractivity contribution is 5.64. The standard InChI is InChI=1S/C20H26O2/c1-14(2)22-18-12-10-16(11-13-18)15-6-8-17(9-7-15)19(21)20(3,4)5/h6-14,19,21H,1-5H3. The minimum atomic E-state index is -0.455. The smallest absolute Gasteiger partial charge is 0.119 e. The van der Waals surface area contributed by atoms with Crippen molar-refractivity contribution in [3.8, 4) is 16.9 Å². The van der Waals surface area contributed by atoms with Crippen LogP contribution in [0.1, 0.15) is 46.3 Å². The maximum Gasteiger partial charge on any atom is 0.119 e. The SMILES string of the molecule is CC(C)Oc1ccc(-c2ccc(C(O)C(C)(C)C)cc2)cc1. The molecule has 0 aliphatic heterocycles. The monoisotopic (exact) mass is 298 g/mol. The summed E-state index contributed by atoms with van der Waals surface area (Å²) in [5, 5.41) is 10.3. The summed E-state index contributed by atoms with van der Waals surface area (Å²) >= 11 is 0. The molecule has 0 aromatic heterocycles. The summed E-state index contributed by atoms with van der Waals surface area (Å²) in [6, 6.07) is 16.2. The van der Waals surface area contributed by atoms with Gasteiger partial charge in [0.15, 0.2) is 0 Å². The fraction of sp³-hybridized carbons (Fsp3) is 0.400. The van der Waals surface area contributed by atoms with Gasteiger partial charge < -0.3 is 9.84 Å². The second kappa shape index (κ2) is 6.53. The number of aliphatic hydroxyl groups is 1. The molecule has 1 atom stereocenters. The first kappa shape index (κ1) is 16.6. The van der Waals surface area contributed by atoms with Crippen molar-refractivity contribution in [3.05, 3.63) is 54.1 Å². The zero-order valence-electron chi connectivity index (χ0n) is 14.1. The van der Waals surface area contributed by atoms with Crippen molar-refractivity contribution in [2.24, 2.45) is 5.41 Å². The highest BCUT2D eigenvalue weighted by Crippen LogP contribution is 2.33. The number of hydrogen-bond acceptors (Lipinski definition) is 2. The van der Waals surface area contributed by atoms with Gasteiger partial charge in [0.1, 0.15) is 5.75 Å². The lowest BCUT2D eigenvalue weighted by Crippen LogP contribution is -2.17. The molecule has 1 unspecified atom stereocenters. The molecular weight excluding hydrogens is 272 g/mol. The molecule has 0 radical (unpaired) electrons. The molecule has 2 nitrogen and oxygen atoms in total. The number of rotatable bonds is 4. The van der Waals surface area contributed by atoms with E-state index >= 15 is 0 Å². The number of hydrogen-bond donors (Lipinski definition) is 1. The van der Waals surface area contributed by atoms with E-state index in [4.69, 9.17) is 4.74 Å². The lowest BCUT2D eigenvalue weighted by Gasteiger charge is -2.26. The number of ether oxygens (including phenoxy) is 1. The predicted molar refractivity (Wildman–Crippen MR) is 92.1 cm³/mol. The number of benzene rings is 2. The fourth-order valence-electron chi connectivity index (χ4n) is 2.36. The zero-order chi connectivity index (χ0) is 16.3. The third-order valence-corrected chi connectivity index (χ3v) is 3.61. The molecule has 22 heavy (non-hydrogen) atoms. The van der Waals surface area contributed by atoms with E-state index in [9.17, 15) is 5.11 Å². The molecular formula is C20H26O2. The van der Waals surface area contributed by atoms with Gasteiger partial charge in [-0.15, -0.1) is 0 Å². The Bertz CT molecular complexity index is 589. The summed E-state index contributed by atoms with van der Waals surface area (Å²) in [7, 11) is 0. The van der Waals surface area contributed by atoms with Crippen LogP contribution in [0, 0.1) is 5.41 Å². The van der Waals surface area contributed by atoms with E-state index in [1.54, 1.807) is 0 Å². The average molecular weight is 298 g/mol. The van der Waals surface area contributed by atoms with Crippen molar-refractivity contribution in [2.45, 2.75) is 46.8 Å². The first-order valence-electron chi connectivity index (χ1n) is 7.82. The first-order chi connectivity index (χ1) is 10.3. The summed E-state index contributed by atoms with van der Waals surface area (Å²) < 4.78 is 5.66. The van der Waals surface area contributed by atoms with Gasteiger partial charge in [0.05, 0.1) is 12.2 Å². The first-order valence-corrected chi connectivity index (χ1v) is 7.82. The lowest BCUT2D eigenvalue weighted by atomic mass is 9.84. The quantitative estimate of drug-likeness (QED) is 0.838. The van der Waals surface area contributed by atoms with E-state index in [2.05, 4.69) is 24.3 Å². The van der Waals surface area contributed by atoms with Gasteiger partial charge in [0.25, 0.3) is 0 Å². The molecule has 2 heteroatoms. The lowest BCUT2D eigenvalue weighted by molar-refractivity contribution is 0.0627. The van der Waals surface area contributed by atoms with Gasteiger partial charge in [-0.25, -0.2) is 0 Å². The largest absolute Gasteiger partial charge is 0.491 e. The minimum absolute atomic E-state index is 0.155. The second-order valence-corrected chi connectivity index (χ2v) is 7.08. The molecule has 0 saturated carbocycles. The van der Waals surface area contributed by atoms with Crippen LogP contribution in [0.25, 0.3) is 11.1 Å². The van der Waals surface area contributed by atoms with E-state index in [1.807, 2.05) is 58.9 Å². The Hall–Kier alpha value is -1.80. The zero-order valence-corrected chi connectivity index (χ0v) is 14.1. The van der Waals surface area contributed by atoms with Gasteiger partial charge in [-0.05, 0) is 48.1 Å². The number of aliphatic hydroxyl groups excluding tert-OH is 1. The van der Waals surface area contributed by atoms with Crippen molar-refractivity contribution in [1.29, 1.82) is 0 Å². The third-order valence-electron chi connectivity index (χ3n) is 3.61. The molecule has 2 aromatic rings. The predicted octanol–water partition coefficient (Wildman–Crippen LogP) is 5.22. The molecule has 0 fully saturated rings. The van der Waals surface area contributed by atoms with Crippen LogP contribution >= 0.6 is 0 Å². The fourth-order valence-corrected chi connectivity index (χ4v) is 2.36. The van der Waals surface area contributed by atoms with E-state index in [0.717, 1.165) is 22.4 Å². The summed E-state index contributed by atoms with van der Waals surface area (Å²) in [5.74, 6) is 0.888.